The van der Waals surface area contributed by atoms with E-state index in [1.165, 1.54) is 11.8 Å². The lowest BCUT2D eigenvalue weighted by Gasteiger charge is -2.16. The van der Waals surface area contributed by atoms with Gasteiger partial charge >= 0.3 is 0 Å². The molecule has 0 spiro atoms. The van der Waals surface area contributed by atoms with Crippen LogP contribution in [0.2, 0.25) is 0 Å². The number of carbonyl (C=O) groups excluding carboxylic acids is 1. The van der Waals surface area contributed by atoms with Crippen molar-refractivity contribution in [3.8, 4) is 5.69 Å². The van der Waals surface area contributed by atoms with Gasteiger partial charge in [-0.3, -0.25) is 4.79 Å². The summed E-state index contributed by atoms with van der Waals surface area (Å²) in [5, 5.41) is 17.5. The van der Waals surface area contributed by atoms with Crippen molar-refractivity contribution in [1.82, 2.24) is 25.5 Å². The largest absolute Gasteiger partial charge is 0.355 e. The molecule has 24 heavy (non-hydrogen) atoms. The fourth-order valence-electron chi connectivity index (χ4n) is 2.05. The van der Waals surface area contributed by atoms with E-state index in [0.29, 0.717) is 17.5 Å². The summed E-state index contributed by atoms with van der Waals surface area (Å²) in [6.45, 7) is 8.23. The topological polar surface area (TPSA) is 89.3 Å². The molecular weight excluding hydrogens is 324 g/mol. The van der Waals surface area contributed by atoms with Gasteiger partial charge in [-0.2, -0.15) is 4.68 Å². The van der Waals surface area contributed by atoms with Crippen LogP contribution in [0.25, 0.3) is 5.69 Å². The zero-order valence-corrected chi connectivity index (χ0v) is 15.2. The van der Waals surface area contributed by atoms with E-state index in [-0.39, 0.29) is 11.4 Å². The van der Waals surface area contributed by atoms with Crippen LogP contribution in [0.15, 0.2) is 35.5 Å². The van der Waals surface area contributed by atoms with Gasteiger partial charge in [0.15, 0.2) is 0 Å². The molecule has 3 N–H and O–H groups in total. The summed E-state index contributed by atoms with van der Waals surface area (Å²) in [4.78, 5) is 11.9. The van der Waals surface area contributed by atoms with E-state index in [9.17, 15) is 4.79 Å². The molecule has 1 heterocycles. The number of hydrogen-bond donors (Lipinski definition) is 2. The molecular formula is C16H25N6OS+. The average Bonchev–Trinajstić information content (AvgIpc) is 3.01. The minimum absolute atomic E-state index is 0.00151. The summed E-state index contributed by atoms with van der Waals surface area (Å²) in [5.41, 5.74) is 1.11. The molecule has 0 aliphatic carbocycles. The summed E-state index contributed by atoms with van der Waals surface area (Å²) in [5.74, 6) is 0.300. The molecule has 0 atom stereocenters. The standard InChI is InChI=1S/C16H24N6OS/c1-16(2,3)18-11-7-10-17-14(23)12-24-15-19-20-21-22(15)13-8-5-4-6-9-13/h4-6,8-9,18H,7,10-12H2,1-3H3,(H,17,23)/p+1. The summed E-state index contributed by atoms with van der Waals surface area (Å²) >= 11 is 1.33. The molecule has 0 radical (unpaired) electrons. The average molecular weight is 349 g/mol. The van der Waals surface area contributed by atoms with Crippen molar-refractivity contribution in [2.45, 2.75) is 37.9 Å². The van der Waals surface area contributed by atoms with Crippen LogP contribution in [0.3, 0.4) is 0 Å². The van der Waals surface area contributed by atoms with Crippen LogP contribution in [0, 0.1) is 0 Å². The highest BCUT2D eigenvalue weighted by molar-refractivity contribution is 7.99. The fourth-order valence-corrected chi connectivity index (χ4v) is 2.77. The van der Waals surface area contributed by atoms with E-state index in [4.69, 9.17) is 0 Å². The molecule has 7 nitrogen and oxygen atoms in total. The van der Waals surface area contributed by atoms with Crippen molar-refractivity contribution >= 4 is 17.7 Å². The van der Waals surface area contributed by atoms with Gasteiger partial charge in [0.25, 0.3) is 0 Å². The number of hydrogen-bond acceptors (Lipinski definition) is 5. The Morgan fingerprint density at radius 2 is 2.04 bits per heavy atom. The van der Waals surface area contributed by atoms with E-state index in [1.54, 1.807) is 4.68 Å². The number of benzene rings is 1. The van der Waals surface area contributed by atoms with Gasteiger partial charge in [0.05, 0.1) is 23.5 Å². The monoisotopic (exact) mass is 349 g/mol. The van der Waals surface area contributed by atoms with Gasteiger partial charge in [0.1, 0.15) is 0 Å². The SMILES string of the molecule is CC(C)(C)[NH2+]CCCNC(=O)CSc1nnnn1-c1ccccc1. The normalized spacial score (nSPS) is 11.5. The lowest BCUT2D eigenvalue weighted by Crippen LogP contribution is -2.94. The zero-order valence-electron chi connectivity index (χ0n) is 14.4. The number of nitrogens with two attached hydrogens (primary N) is 1. The molecule has 0 aliphatic rings. The van der Waals surface area contributed by atoms with Gasteiger partial charge in [0, 0.05) is 13.0 Å². The number of tetrazole rings is 1. The highest BCUT2D eigenvalue weighted by Crippen LogP contribution is 2.17. The summed E-state index contributed by atoms with van der Waals surface area (Å²) in [6.07, 6.45) is 0.954. The van der Waals surface area contributed by atoms with Crippen LogP contribution < -0.4 is 10.6 Å². The summed E-state index contributed by atoms with van der Waals surface area (Å²) in [6, 6.07) is 9.63. The third kappa shape index (κ3) is 6.29. The van der Waals surface area contributed by atoms with Crippen molar-refractivity contribution in [1.29, 1.82) is 0 Å². The quantitative estimate of drug-likeness (QED) is 0.539. The number of nitrogens with zero attached hydrogens (tertiary/aromatic N) is 4. The van der Waals surface area contributed by atoms with Crippen molar-refractivity contribution in [3.05, 3.63) is 30.3 Å². The first-order valence-corrected chi connectivity index (χ1v) is 9.02. The maximum Gasteiger partial charge on any atom is 0.230 e. The molecule has 1 aromatic heterocycles. The zero-order chi connectivity index (χ0) is 17.4. The predicted octanol–water partition coefficient (Wildman–Crippen LogP) is 0.623. The van der Waals surface area contributed by atoms with Crippen molar-refractivity contribution in [2.24, 2.45) is 0 Å². The third-order valence-electron chi connectivity index (χ3n) is 3.23. The Labute approximate surface area is 146 Å². The lowest BCUT2D eigenvalue weighted by atomic mass is 10.1. The minimum atomic E-state index is -0.00151. The van der Waals surface area contributed by atoms with Crippen LogP contribution in [-0.2, 0) is 4.79 Å². The van der Waals surface area contributed by atoms with E-state index in [0.717, 1.165) is 18.7 Å². The van der Waals surface area contributed by atoms with E-state index in [2.05, 4.69) is 46.9 Å². The van der Waals surface area contributed by atoms with Crippen LogP contribution in [0.1, 0.15) is 27.2 Å². The molecule has 8 heteroatoms. The molecule has 1 amide bonds. The molecule has 2 rings (SSSR count). The first-order valence-electron chi connectivity index (χ1n) is 8.03. The van der Waals surface area contributed by atoms with Crippen molar-refractivity contribution in [2.75, 3.05) is 18.8 Å². The summed E-state index contributed by atoms with van der Waals surface area (Å²) < 4.78 is 1.64. The molecule has 0 unspecified atom stereocenters. The Balaban J connectivity index is 1.72. The number of para-hydroxylation sites is 1. The fraction of sp³-hybridized carbons (Fsp3) is 0.500. The second-order valence-corrected chi connectivity index (χ2v) is 7.50. The maximum atomic E-state index is 11.9. The second kappa shape index (κ2) is 8.79. The van der Waals surface area contributed by atoms with Crippen LogP contribution in [0.5, 0.6) is 0 Å². The first-order chi connectivity index (χ1) is 11.5. The molecule has 0 saturated carbocycles. The maximum absolute atomic E-state index is 11.9. The molecule has 130 valence electrons. The number of aromatic nitrogens is 4. The predicted molar refractivity (Wildman–Crippen MR) is 94.1 cm³/mol. The number of amides is 1. The molecule has 1 aromatic carbocycles. The summed E-state index contributed by atoms with van der Waals surface area (Å²) in [7, 11) is 0. The van der Waals surface area contributed by atoms with Gasteiger partial charge in [-0.1, -0.05) is 30.0 Å². The van der Waals surface area contributed by atoms with E-state index < -0.39 is 0 Å². The van der Waals surface area contributed by atoms with Gasteiger partial charge < -0.3 is 10.6 Å². The molecule has 2 aromatic rings. The number of carbonyl (C=O) groups is 1. The molecule has 0 aliphatic heterocycles. The molecule has 0 fully saturated rings. The smallest absolute Gasteiger partial charge is 0.230 e. The van der Waals surface area contributed by atoms with Crippen molar-refractivity contribution in [3.63, 3.8) is 0 Å². The number of rotatable bonds is 8. The van der Waals surface area contributed by atoms with Gasteiger partial charge in [0.2, 0.25) is 11.1 Å². The molecule has 0 bridgehead atoms. The Morgan fingerprint density at radius 1 is 1.29 bits per heavy atom. The van der Waals surface area contributed by atoms with Crippen LogP contribution >= 0.6 is 11.8 Å². The number of thioether (sulfide) groups is 1. The number of nitrogens with one attached hydrogen (secondary N) is 1. The van der Waals surface area contributed by atoms with E-state index >= 15 is 0 Å². The van der Waals surface area contributed by atoms with E-state index in [1.807, 2.05) is 30.3 Å². The second-order valence-electron chi connectivity index (χ2n) is 6.56. The van der Waals surface area contributed by atoms with Gasteiger partial charge in [-0.15, -0.1) is 5.10 Å². The Kier molecular flexibility index (Phi) is 6.74. The van der Waals surface area contributed by atoms with Gasteiger partial charge in [-0.05, 0) is 43.3 Å². The Bertz CT molecular complexity index is 638. The third-order valence-corrected chi connectivity index (χ3v) is 4.15. The Morgan fingerprint density at radius 3 is 2.75 bits per heavy atom. The van der Waals surface area contributed by atoms with Gasteiger partial charge in [-0.25, -0.2) is 0 Å². The Hall–Kier alpha value is -1.93. The van der Waals surface area contributed by atoms with Crippen molar-refractivity contribution < 1.29 is 10.1 Å². The highest BCUT2D eigenvalue weighted by atomic mass is 32.2. The van der Waals surface area contributed by atoms with Crippen LogP contribution in [-0.4, -0.2) is 50.5 Å². The lowest BCUT2D eigenvalue weighted by molar-refractivity contribution is -0.717. The first kappa shape index (κ1) is 18.4. The highest BCUT2D eigenvalue weighted by Gasteiger charge is 2.13. The van der Waals surface area contributed by atoms with Crippen LogP contribution in [0.4, 0.5) is 0 Å². The number of quaternary nitrogens is 1. The molecule has 0 saturated heterocycles. The minimum Gasteiger partial charge on any atom is -0.355 e.